The quantitative estimate of drug-likeness (QED) is 0.321. The smallest absolute Gasteiger partial charge is 0.281 e. The standard InChI is InChI=1S/C40H56ClN5O4S/c1-6-44-19-21-45(22-20-44)26-40(49-4)18-7-9-28(2)29(3)51(5,48)43-38(47)35-15-16-36-37(42-35)46(24-31-11-13-34(31)40)25-39(27-50-36)17-8-10-30-23-32(41)12-14-33(30)39/h7,12,14-16,18,23,28-29,31,34H,5-6,8-11,13,17,19-22,24-27H2,1-4H3,(H,43,47,48)/b18-7+/t28-,29+,31-,34+,39-,40+,51?/m0/s1. The first-order chi connectivity index (χ1) is 24.5. The second-order valence-corrected chi connectivity index (χ2v) is 18.8. The summed E-state index contributed by atoms with van der Waals surface area (Å²) in [5.74, 6) is 5.59. The van der Waals surface area contributed by atoms with E-state index < -0.39 is 21.2 Å². The summed E-state index contributed by atoms with van der Waals surface area (Å²) in [5.41, 5.74) is 2.07. The summed E-state index contributed by atoms with van der Waals surface area (Å²) in [6, 6.07) is 9.86. The number of ether oxygens (including phenoxy) is 2. The molecule has 9 nitrogen and oxygen atoms in total. The number of aryl methyl sites for hydroxylation is 1. The lowest BCUT2D eigenvalue weighted by Gasteiger charge is -2.52. The van der Waals surface area contributed by atoms with Gasteiger partial charge in [-0.25, -0.2) is 9.19 Å². The number of benzene rings is 1. The van der Waals surface area contributed by atoms with Crippen molar-refractivity contribution in [3.8, 4) is 5.75 Å². The van der Waals surface area contributed by atoms with E-state index in [1.54, 1.807) is 6.07 Å². The lowest BCUT2D eigenvalue weighted by atomic mass is 9.63. The van der Waals surface area contributed by atoms with Crippen molar-refractivity contribution < 1.29 is 18.5 Å². The van der Waals surface area contributed by atoms with E-state index in [0.29, 0.717) is 43.0 Å². The lowest BCUT2D eigenvalue weighted by Crippen LogP contribution is -2.59. The molecule has 1 saturated carbocycles. The Bertz CT molecular complexity index is 1750. The van der Waals surface area contributed by atoms with Gasteiger partial charge in [0.15, 0.2) is 11.6 Å². The number of carbonyl (C=O) groups is 1. The summed E-state index contributed by atoms with van der Waals surface area (Å²) in [4.78, 5) is 26.2. The molecule has 7 atom stereocenters. The Labute approximate surface area is 310 Å². The Morgan fingerprint density at radius 2 is 1.92 bits per heavy atom. The van der Waals surface area contributed by atoms with E-state index in [4.69, 9.17) is 26.1 Å². The van der Waals surface area contributed by atoms with Crippen molar-refractivity contribution in [1.29, 1.82) is 0 Å². The number of carbonyl (C=O) groups excluding carboxylic acids is 1. The molecule has 1 aromatic carbocycles. The van der Waals surface area contributed by atoms with Crippen LogP contribution in [0.25, 0.3) is 0 Å². The Hall–Kier alpha value is -2.63. The van der Waals surface area contributed by atoms with Gasteiger partial charge in [-0.1, -0.05) is 43.7 Å². The van der Waals surface area contributed by atoms with Crippen LogP contribution in [-0.4, -0.2) is 108 Å². The predicted octanol–water partition coefficient (Wildman–Crippen LogP) is 5.60. The average molecular weight is 738 g/mol. The number of hydrogen-bond donors (Lipinski definition) is 1. The molecule has 278 valence electrons. The van der Waals surface area contributed by atoms with E-state index in [2.05, 4.69) is 63.4 Å². The first kappa shape index (κ1) is 36.7. The predicted molar refractivity (Wildman–Crippen MR) is 208 cm³/mol. The number of rotatable bonds is 4. The van der Waals surface area contributed by atoms with Gasteiger partial charge >= 0.3 is 0 Å². The maximum Gasteiger partial charge on any atom is 0.281 e. The van der Waals surface area contributed by atoms with Gasteiger partial charge in [-0.15, -0.1) is 0 Å². The molecule has 1 N–H and O–H groups in total. The summed E-state index contributed by atoms with van der Waals surface area (Å²) in [7, 11) is -1.10. The number of fused-ring (bicyclic) bond motifs is 4. The van der Waals surface area contributed by atoms with Gasteiger partial charge in [0.25, 0.3) is 5.91 Å². The monoisotopic (exact) mass is 737 g/mol. The van der Waals surface area contributed by atoms with Crippen LogP contribution in [0.4, 0.5) is 5.82 Å². The van der Waals surface area contributed by atoms with E-state index in [1.165, 1.54) is 11.1 Å². The molecule has 2 aliphatic carbocycles. The van der Waals surface area contributed by atoms with Crippen LogP contribution in [0, 0.1) is 17.8 Å². The number of hydrogen-bond acceptors (Lipinski definition) is 8. The molecule has 2 aromatic rings. The molecule has 11 heteroatoms. The minimum Gasteiger partial charge on any atom is -0.489 e. The van der Waals surface area contributed by atoms with Gasteiger partial charge in [-0.3, -0.25) is 14.4 Å². The Balaban J connectivity index is 1.30. The number of likely N-dealkylation sites (N-methyl/N-ethyl adjacent to an activating group) is 1. The molecule has 1 unspecified atom stereocenters. The van der Waals surface area contributed by atoms with Crippen molar-refractivity contribution in [2.45, 2.75) is 75.6 Å². The number of piperazine rings is 1. The average Bonchev–Trinajstić information content (AvgIpc) is 3.25. The van der Waals surface area contributed by atoms with Crippen molar-refractivity contribution in [2.75, 3.05) is 71.0 Å². The van der Waals surface area contributed by atoms with Crippen molar-refractivity contribution in [3.05, 3.63) is 64.3 Å². The molecular weight excluding hydrogens is 682 g/mol. The van der Waals surface area contributed by atoms with Gasteiger partial charge in [0.05, 0.1) is 16.3 Å². The molecule has 2 bridgehead atoms. The Morgan fingerprint density at radius 3 is 2.65 bits per heavy atom. The molecule has 4 heterocycles. The fourth-order valence-corrected chi connectivity index (χ4v) is 11.0. The molecule has 1 amide bonds. The van der Waals surface area contributed by atoms with E-state index in [1.807, 2.05) is 26.2 Å². The van der Waals surface area contributed by atoms with Gasteiger partial charge in [0, 0.05) is 68.6 Å². The molecule has 1 spiro atoms. The number of nitrogens with one attached hydrogen (secondary N) is 1. The second-order valence-electron chi connectivity index (χ2n) is 15.9. The minimum atomic E-state index is -2.98. The topological polar surface area (TPSA) is 87.2 Å². The number of methoxy groups -OCH3 is 1. The van der Waals surface area contributed by atoms with E-state index in [-0.39, 0.29) is 22.3 Å². The number of anilines is 1. The van der Waals surface area contributed by atoms with Crippen molar-refractivity contribution in [2.24, 2.45) is 17.8 Å². The molecule has 0 radical (unpaired) electrons. The normalized spacial score (nSPS) is 35.5. The van der Waals surface area contributed by atoms with Crippen LogP contribution in [0.3, 0.4) is 0 Å². The summed E-state index contributed by atoms with van der Waals surface area (Å²) in [6.45, 7) is 14.3. The zero-order chi connectivity index (χ0) is 36.0. The number of aromatic nitrogens is 1. The number of allylic oxidation sites excluding steroid dienone is 1. The number of pyridine rings is 1. The minimum absolute atomic E-state index is 0.0210. The highest BCUT2D eigenvalue weighted by molar-refractivity contribution is 7.99. The summed E-state index contributed by atoms with van der Waals surface area (Å²) >= 11 is 6.50. The zero-order valence-electron chi connectivity index (χ0n) is 30.9. The van der Waals surface area contributed by atoms with Crippen LogP contribution in [0.2, 0.25) is 5.02 Å². The highest BCUT2D eigenvalue weighted by atomic mass is 35.5. The lowest BCUT2D eigenvalue weighted by molar-refractivity contribution is -0.0953. The third kappa shape index (κ3) is 7.20. The Kier molecular flexibility index (Phi) is 10.5. The summed E-state index contributed by atoms with van der Waals surface area (Å²) in [5, 5.41) is 0.406. The van der Waals surface area contributed by atoms with Crippen LogP contribution >= 0.6 is 11.6 Å². The van der Waals surface area contributed by atoms with Crippen molar-refractivity contribution >= 4 is 38.9 Å². The SMILES string of the molecule is C=S1(=O)NC(=O)c2ccc3c(n2)N(C[C@@H]2CC[C@H]2[C@@](CN2CCN(CC)CC2)(OC)/C=C/C[C@H](C)[C@H]1C)C[C@@]1(CCCc2cc(Cl)ccc21)CO3. The third-order valence-corrected chi connectivity index (χ3v) is 15.4. The van der Waals surface area contributed by atoms with Gasteiger partial charge in [-0.05, 0) is 111 Å². The van der Waals surface area contributed by atoms with E-state index >= 15 is 0 Å². The Morgan fingerprint density at radius 1 is 1.14 bits per heavy atom. The van der Waals surface area contributed by atoms with E-state index in [0.717, 1.165) is 82.9 Å². The first-order valence-corrected chi connectivity index (χ1v) is 21.2. The number of halogens is 1. The van der Waals surface area contributed by atoms with Crippen molar-refractivity contribution in [3.63, 3.8) is 0 Å². The first-order valence-electron chi connectivity index (χ1n) is 19.0. The molecule has 3 aliphatic heterocycles. The summed E-state index contributed by atoms with van der Waals surface area (Å²) in [6.07, 6.45) is 10.5. The highest BCUT2D eigenvalue weighted by Crippen LogP contribution is 2.49. The summed E-state index contributed by atoms with van der Waals surface area (Å²) < 4.78 is 30.1. The highest BCUT2D eigenvalue weighted by Gasteiger charge is 2.50. The molecule has 51 heavy (non-hydrogen) atoms. The van der Waals surface area contributed by atoms with Crippen LogP contribution in [0.15, 0.2) is 42.5 Å². The molecule has 1 saturated heterocycles. The van der Waals surface area contributed by atoms with Gasteiger partial charge < -0.3 is 19.3 Å². The van der Waals surface area contributed by atoms with Crippen molar-refractivity contribution in [1.82, 2.24) is 19.5 Å². The maximum atomic E-state index is 14.0. The van der Waals surface area contributed by atoms with Gasteiger partial charge in [-0.2, -0.15) is 0 Å². The van der Waals surface area contributed by atoms with Crippen LogP contribution in [-0.2, 0) is 26.3 Å². The van der Waals surface area contributed by atoms with Crippen LogP contribution in [0.1, 0.15) is 74.5 Å². The second kappa shape index (κ2) is 14.7. The zero-order valence-corrected chi connectivity index (χ0v) is 32.4. The molecular formula is C40H56ClN5O4S. The number of amides is 1. The largest absolute Gasteiger partial charge is 0.489 e. The van der Waals surface area contributed by atoms with Crippen LogP contribution < -0.4 is 14.4 Å². The van der Waals surface area contributed by atoms with Gasteiger partial charge in [0.1, 0.15) is 11.3 Å². The molecule has 5 aliphatic rings. The molecule has 7 rings (SSSR count). The number of nitrogens with zero attached hydrogens (tertiary/aromatic N) is 4. The fourth-order valence-electron chi connectivity index (χ4n) is 9.36. The van der Waals surface area contributed by atoms with Crippen LogP contribution in [0.5, 0.6) is 5.75 Å². The van der Waals surface area contributed by atoms with E-state index in [9.17, 15) is 9.00 Å². The molecule has 2 fully saturated rings. The fraction of sp³-hybridized carbons (Fsp3) is 0.625. The molecule has 1 aromatic heterocycles. The maximum absolute atomic E-state index is 14.0. The van der Waals surface area contributed by atoms with Gasteiger partial charge in [0.2, 0.25) is 0 Å². The third-order valence-electron chi connectivity index (χ3n) is 12.9.